The topological polar surface area (TPSA) is 84.2 Å². The lowest BCUT2D eigenvalue weighted by molar-refractivity contribution is -0.120. The Morgan fingerprint density at radius 3 is 2.42 bits per heavy atom. The van der Waals surface area contributed by atoms with Crippen molar-refractivity contribution in [3.05, 3.63) is 33.8 Å². The summed E-state index contributed by atoms with van der Waals surface area (Å²) in [7, 11) is 0. The molecule has 4 N–H and O–H groups in total. The second-order valence-corrected chi connectivity index (χ2v) is 4.26. The van der Waals surface area contributed by atoms with E-state index in [2.05, 4.69) is 10.6 Å². The molecule has 0 saturated heterocycles. The highest BCUT2D eigenvalue weighted by molar-refractivity contribution is 6.42. The molecule has 2 amide bonds. The van der Waals surface area contributed by atoms with Crippen molar-refractivity contribution >= 4 is 47.4 Å². The first kappa shape index (κ1) is 18.0. The van der Waals surface area contributed by atoms with E-state index in [1.165, 1.54) is 18.2 Å². The zero-order chi connectivity index (χ0) is 13.5. The molecule has 0 aliphatic rings. The van der Waals surface area contributed by atoms with Crippen LogP contribution in [0, 0.1) is 0 Å². The minimum atomic E-state index is -0.392. The Hall–Kier alpha value is -1.01. The van der Waals surface area contributed by atoms with Gasteiger partial charge in [-0.1, -0.05) is 23.2 Å². The molecule has 1 rings (SSSR count). The molecule has 0 bridgehead atoms. The van der Waals surface area contributed by atoms with Crippen molar-refractivity contribution in [1.29, 1.82) is 0 Å². The summed E-state index contributed by atoms with van der Waals surface area (Å²) >= 11 is 11.5. The van der Waals surface area contributed by atoms with E-state index in [-0.39, 0.29) is 29.9 Å². The van der Waals surface area contributed by atoms with Crippen molar-refractivity contribution < 1.29 is 9.59 Å². The van der Waals surface area contributed by atoms with Crippen molar-refractivity contribution in [1.82, 2.24) is 10.6 Å². The maximum Gasteiger partial charge on any atom is 0.251 e. The van der Waals surface area contributed by atoms with Crippen molar-refractivity contribution in [2.75, 3.05) is 19.6 Å². The SMILES string of the molecule is Cl.NCCNC(=O)CNC(=O)c1ccc(Cl)c(Cl)c1. The molecule has 0 fully saturated rings. The van der Waals surface area contributed by atoms with Gasteiger partial charge in [-0.25, -0.2) is 0 Å². The number of amides is 2. The number of halogens is 3. The summed E-state index contributed by atoms with van der Waals surface area (Å²) in [5, 5.41) is 5.65. The van der Waals surface area contributed by atoms with E-state index in [0.717, 1.165) is 0 Å². The highest BCUT2D eigenvalue weighted by atomic mass is 35.5. The summed E-state index contributed by atoms with van der Waals surface area (Å²) < 4.78 is 0. The van der Waals surface area contributed by atoms with E-state index in [4.69, 9.17) is 28.9 Å². The van der Waals surface area contributed by atoms with Gasteiger partial charge in [0.15, 0.2) is 0 Å². The van der Waals surface area contributed by atoms with Crippen LogP contribution in [0.4, 0.5) is 0 Å². The van der Waals surface area contributed by atoms with Gasteiger partial charge < -0.3 is 16.4 Å². The smallest absolute Gasteiger partial charge is 0.251 e. The van der Waals surface area contributed by atoms with Crippen LogP contribution in [0.2, 0.25) is 10.0 Å². The van der Waals surface area contributed by atoms with Crippen molar-refractivity contribution in [3.8, 4) is 0 Å². The van der Waals surface area contributed by atoms with Crippen LogP contribution in [-0.2, 0) is 4.79 Å². The van der Waals surface area contributed by atoms with Crippen LogP contribution >= 0.6 is 35.6 Å². The molecule has 0 aliphatic heterocycles. The lowest BCUT2D eigenvalue weighted by Gasteiger charge is -2.06. The maximum atomic E-state index is 11.7. The second-order valence-electron chi connectivity index (χ2n) is 3.45. The third kappa shape index (κ3) is 6.11. The predicted octanol–water partition coefficient (Wildman–Crippen LogP) is 1.22. The fourth-order valence-electron chi connectivity index (χ4n) is 1.17. The third-order valence-electron chi connectivity index (χ3n) is 2.06. The van der Waals surface area contributed by atoms with Gasteiger partial charge in [-0.05, 0) is 18.2 Å². The third-order valence-corrected chi connectivity index (χ3v) is 2.80. The minimum absolute atomic E-state index is 0. The van der Waals surface area contributed by atoms with Gasteiger partial charge in [0.05, 0.1) is 16.6 Å². The van der Waals surface area contributed by atoms with E-state index < -0.39 is 5.91 Å². The molecule has 19 heavy (non-hydrogen) atoms. The lowest BCUT2D eigenvalue weighted by Crippen LogP contribution is -2.38. The molecule has 1 aromatic rings. The van der Waals surface area contributed by atoms with Crippen molar-refractivity contribution in [2.24, 2.45) is 5.73 Å². The molecule has 8 heteroatoms. The molecular formula is C11H14Cl3N3O2. The Morgan fingerprint density at radius 1 is 1.16 bits per heavy atom. The maximum absolute atomic E-state index is 11.7. The molecule has 0 radical (unpaired) electrons. The molecule has 5 nitrogen and oxygen atoms in total. The molecule has 0 aliphatic carbocycles. The second kappa shape index (κ2) is 8.98. The summed E-state index contributed by atoms with van der Waals surface area (Å²) in [6.45, 7) is 0.618. The fraction of sp³-hybridized carbons (Fsp3) is 0.273. The van der Waals surface area contributed by atoms with Gasteiger partial charge >= 0.3 is 0 Å². The zero-order valence-electron chi connectivity index (χ0n) is 9.91. The van der Waals surface area contributed by atoms with E-state index in [9.17, 15) is 9.59 Å². The van der Waals surface area contributed by atoms with Gasteiger partial charge in [-0.3, -0.25) is 9.59 Å². The summed E-state index contributed by atoms with van der Waals surface area (Å²) in [6, 6.07) is 4.49. The number of benzene rings is 1. The number of hydrogen-bond donors (Lipinski definition) is 3. The van der Waals surface area contributed by atoms with Gasteiger partial charge in [0.25, 0.3) is 5.91 Å². The first-order chi connectivity index (χ1) is 8.54. The van der Waals surface area contributed by atoms with Crippen LogP contribution in [0.25, 0.3) is 0 Å². The fourth-order valence-corrected chi connectivity index (χ4v) is 1.47. The number of carbonyl (C=O) groups is 2. The van der Waals surface area contributed by atoms with Gasteiger partial charge in [-0.2, -0.15) is 0 Å². The molecule has 0 saturated carbocycles. The summed E-state index contributed by atoms with van der Waals surface area (Å²) in [5.41, 5.74) is 5.57. The van der Waals surface area contributed by atoms with Crippen LogP contribution in [0.1, 0.15) is 10.4 Å². The molecule has 106 valence electrons. The lowest BCUT2D eigenvalue weighted by atomic mass is 10.2. The molecule has 0 spiro atoms. The summed E-state index contributed by atoms with van der Waals surface area (Å²) in [6.07, 6.45) is 0. The predicted molar refractivity (Wildman–Crippen MR) is 78.1 cm³/mol. The molecular weight excluding hydrogens is 312 g/mol. The Labute approximate surface area is 127 Å². The highest BCUT2D eigenvalue weighted by Crippen LogP contribution is 2.22. The number of nitrogens with one attached hydrogen (secondary N) is 2. The largest absolute Gasteiger partial charge is 0.353 e. The number of nitrogens with two attached hydrogens (primary N) is 1. The molecule has 0 aromatic heterocycles. The Morgan fingerprint density at radius 2 is 1.84 bits per heavy atom. The number of carbonyl (C=O) groups excluding carboxylic acids is 2. The van der Waals surface area contributed by atoms with Crippen LogP contribution in [0.3, 0.4) is 0 Å². The molecule has 0 heterocycles. The Kier molecular flexibility index (Phi) is 8.51. The van der Waals surface area contributed by atoms with Crippen LogP contribution in [-0.4, -0.2) is 31.4 Å². The van der Waals surface area contributed by atoms with Gasteiger partial charge in [0, 0.05) is 18.7 Å². The van der Waals surface area contributed by atoms with Crippen molar-refractivity contribution in [3.63, 3.8) is 0 Å². The summed E-state index contributed by atoms with van der Waals surface area (Å²) in [5.74, 6) is -0.690. The summed E-state index contributed by atoms with van der Waals surface area (Å²) in [4.78, 5) is 22.9. The van der Waals surface area contributed by atoms with Gasteiger partial charge in [-0.15, -0.1) is 12.4 Å². The zero-order valence-corrected chi connectivity index (χ0v) is 12.2. The standard InChI is InChI=1S/C11H13Cl2N3O2.ClH/c12-8-2-1-7(5-9(8)13)11(18)16-6-10(17)15-4-3-14;/h1-2,5H,3-4,6,14H2,(H,15,17)(H,16,18);1H. The Balaban J connectivity index is 0.00000324. The number of hydrogen-bond acceptors (Lipinski definition) is 3. The Bertz CT molecular complexity index is 455. The average Bonchev–Trinajstić information content (AvgIpc) is 2.36. The first-order valence-corrected chi connectivity index (χ1v) is 6.00. The van der Waals surface area contributed by atoms with Crippen LogP contribution in [0.15, 0.2) is 18.2 Å². The number of rotatable bonds is 5. The monoisotopic (exact) mass is 325 g/mol. The molecule has 0 atom stereocenters. The normalized spacial score (nSPS) is 9.42. The van der Waals surface area contributed by atoms with Crippen molar-refractivity contribution in [2.45, 2.75) is 0 Å². The van der Waals surface area contributed by atoms with E-state index in [0.29, 0.717) is 23.7 Å². The van der Waals surface area contributed by atoms with Gasteiger partial charge in [0.1, 0.15) is 0 Å². The van der Waals surface area contributed by atoms with Crippen LogP contribution < -0.4 is 16.4 Å². The minimum Gasteiger partial charge on any atom is -0.353 e. The van der Waals surface area contributed by atoms with Crippen LogP contribution in [0.5, 0.6) is 0 Å². The van der Waals surface area contributed by atoms with E-state index >= 15 is 0 Å². The average molecular weight is 327 g/mol. The molecule has 1 aromatic carbocycles. The van der Waals surface area contributed by atoms with E-state index in [1.807, 2.05) is 0 Å². The molecule has 0 unspecified atom stereocenters. The highest BCUT2D eigenvalue weighted by Gasteiger charge is 2.09. The van der Waals surface area contributed by atoms with Gasteiger partial charge in [0.2, 0.25) is 5.91 Å². The first-order valence-electron chi connectivity index (χ1n) is 5.24. The quantitative estimate of drug-likeness (QED) is 0.760. The van der Waals surface area contributed by atoms with E-state index in [1.54, 1.807) is 0 Å².